The molecule has 2 aliphatic rings. The van der Waals surface area contributed by atoms with Gasteiger partial charge in [-0.2, -0.15) is 5.10 Å². The number of para-hydroxylation sites is 3. The zero-order valence-electron chi connectivity index (χ0n) is 22.8. The van der Waals surface area contributed by atoms with Gasteiger partial charge in [-0.05, 0) is 79.6 Å². The summed E-state index contributed by atoms with van der Waals surface area (Å²) in [7, 11) is 1.69. The molecule has 41 heavy (non-hydrogen) atoms. The fourth-order valence-electron chi connectivity index (χ4n) is 5.54. The Hall–Kier alpha value is -4.69. The third kappa shape index (κ3) is 4.31. The average molecular weight is 604 g/mol. The van der Waals surface area contributed by atoms with Gasteiger partial charge >= 0.3 is 0 Å². The van der Waals surface area contributed by atoms with Gasteiger partial charge in [-0.3, -0.25) is 0 Å². The summed E-state index contributed by atoms with van der Waals surface area (Å²) in [5.41, 5.74) is 7.99. The molecule has 0 amide bonds. The largest absolute Gasteiger partial charge is 0.497 e. The van der Waals surface area contributed by atoms with Crippen molar-refractivity contribution < 1.29 is 4.74 Å². The van der Waals surface area contributed by atoms with E-state index in [2.05, 4.69) is 70.3 Å². The summed E-state index contributed by atoms with van der Waals surface area (Å²) in [6.45, 7) is 4.16. The highest BCUT2D eigenvalue weighted by Crippen LogP contribution is 2.48. The van der Waals surface area contributed by atoms with Crippen LogP contribution >= 0.6 is 15.9 Å². The van der Waals surface area contributed by atoms with Crippen LogP contribution in [0.5, 0.6) is 5.75 Å². The molecule has 0 fully saturated rings. The minimum absolute atomic E-state index is 0.195. The van der Waals surface area contributed by atoms with Gasteiger partial charge in [0.15, 0.2) is 17.5 Å². The first kappa shape index (κ1) is 25.3. The van der Waals surface area contributed by atoms with Crippen molar-refractivity contribution in [3.8, 4) is 11.4 Å². The van der Waals surface area contributed by atoms with Gasteiger partial charge < -0.3 is 15.0 Å². The minimum atomic E-state index is -0.195. The van der Waals surface area contributed by atoms with Crippen LogP contribution in [-0.4, -0.2) is 28.6 Å². The van der Waals surface area contributed by atoms with Crippen molar-refractivity contribution in [2.24, 2.45) is 9.98 Å². The number of methoxy groups -OCH3 is 1. The maximum Gasteiger partial charge on any atom is 0.179 e. The Labute approximate surface area is 247 Å². The smallest absolute Gasteiger partial charge is 0.179 e. The number of nitrogens with zero attached hydrogens (tertiary/aromatic N) is 5. The number of hydrogen-bond donors (Lipinski definition) is 1. The third-order valence-corrected chi connectivity index (χ3v) is 8.05. The molecule has 1 N–H and O–H groups in total. The standard InChI is InChI=1S/C33H27BrN6O/c1-20-8-4-6-10-27(20)40-32-29(21(2)38-40)30(22-12-18-25(41-3)19-13-22)39-28-11-7-5-9-26(28)36-31(33(39)37-32)35-24-16-14-23(34)15-17-24/h4-19,30H,1-3H3,(H,35,36). The molecular weight excluding hydrogens is 576 g/mol. The zero-order chi connectivity index (χ0) is 28.1. The number of aromatic nitrogens is 2. The van der Waals surface area contributed by atoms with Crippen LogP contribution < -0.4 is 15.0 Å². The van der Waals surface area contributed by atoms with Crippen LogP contribution in [0.3, 0.4) is 0 Å². The number of rotatable bonds is 4. The van der Waals surface area contributed by atoms with E-state index in [0.29, 0.717) is 5.84 Å². The molecule has 202 valence electrons. The maximum atomic E-state index is 5.49. The quantitative estimate of drug-likeness (QED) is 0.226. The molecule has 1 atom stereocenters. The van der Waals surface area contributed by atoms with Gasteiger partial charge in [0.25, 0.3) is 0 Å². The first-order chi connectivity index (χ1) is 20.0. The number of fused-ring (bicyclic) bond motifs is 4. The van der Waals surface area contributed by atoms with Crippen LogP contribution in [0.25, 0.3) is 5.69 Å². The summed E-state index contributed by atoms with van der Waals surface area (Å²) in [6.07, 6.45) is 0. The summed E-state index contributed by atoms with van der Waals surface area (Å²) in [6, 6.07) is 32.6. The van der Waals surface area contributed by atoms with Gasteiger partial charge in [0.05, 0.1) is 35.9 Å². The number of nitrogens with one attached hydrogen (secondary N) is 1. The van der Waals surface area contributed by atoms with E-state index in [1.165, 1.54) is 0 Å². The normalized spacial score (nSPS) is 15.3. The van der Waals surface area contributed by atoms with Crippen molar-refractivity contribution >= 4 is 50.5 Å². The van der Waals surface area contributed by atoms with Crippen LogP contribution in [0, 0.1) is 13.8 Å². The van der Waals surface area contributed by atoms with Crippen molar-refractivity contribution in [3.63, 3.8) is 0 Å². The molecule has 0 bridgehead atoms. The first-order valence-corrected chi connectivity index (χ1v) is 14.2. The summed E-state index contributed by atoms with van der Waals surface area (Å²) < 4.78 is 8.48. The molecular formula is C33H27BrN6O. The fourth-order valence-corrected chi connectivity index (χ4v) is 5.80. The lowest BCUT2D eigenvalue weighted by Gasteiger charge is -2.40. The van der Waals surface area contributed by atoms with Crippen molar-refractivity contribution in [2.45, 2.75) is 19.9 Å². The monoisotopic (exact) mass is 602 g/mol. The van der Waals surface area contributed by atoms with Crippen molar-refractivity contribution in [2.75, 3.05) is 17.3 Å². The van der Waals surface area contributed by atoms with Gasteiger partial charge in [0.2, 0.25) is 0 Å². The van der Waals surface area contributed by atoms with E-state index >= 15 is 0 Å². The number of aliphatic imine (C=N–C) groups is 2. The van der Waals surface area contributed by atoms with E-state index in [4.69, 9.17) is 19.8 Å². The van der Waals surface area contributed by atoms with E-state index in [9.17, 15) is 0 Å². The van der Waals surface area contributed by atoms with E-state index in [1.54, 1.807) is 7.11 Å². The number of halogens is 1. The molecule has 4 aromatic carbocycles. The van der Waals surface area contributed by atoms with Crippen molar-refractivity contribution in [1.29, 1.82) is 0 Å². The predicted octanol–water partition coefficient (Wildman–Crippen LogP) is 8.06. The summed E-state index contributed by atoms with van der Waals surface area (Å²) in [4.78, 5) is 12.7. The molecule has 7 rings (SSSR count). The number of ether oxygens (including phenoxy) is 1. The summed E-state index contributed by atoms with van der Waals surface area (Å²) in [5.74, 6) is 3.01. The van der Waals surface area contributed by atoms with E-state index in [0.717, 1.165) is 67.0 Å². The van der Waals surface area contributed by atoms with Crippen molar-refractivity contribution in [1.82, 2.24) is 9.78 Å². The molecule has 1 aromatic heterocycles. The minimum Gasteiger partial charge on any atom is -0.497 e. The maximum absolute atomic E-state index is 5.49. The lowest BCUT2D eigenvalue weighted by atomic mass is 9.93. The van der Waals surface area contributed by atoms with Crippen LogP contribution in [0.1, 0.15) is 28.4 Å². The Bertz CT molecular complexity index is 1840. The second-order valence-electron chi connectivity index (χ2n) is 10.1. The van der Waals surface area contributed by atoms with E-state index < -0.39 is 0 Å². The highest BCUT2D eigenvalue weighted by atomic mass is 79.9. The number of amidine groups is 2. The number of benzene rings is 4. The Morgan fingerprint density at radius 1 is 0.805 bits per heavy atom. The molecule has 5 aromatic rings. The Morgan fingerprint density at radius 3 is 2.24 bits per heavy atom. The second-order valence-corrected chi connectivity index (χ2v) is 11.0. The Kier molecular flexibility index (Phi) is 6.20. The van der Waals surface area contributed by atoms with Crippen LogP contribution in [0.4, 0.5) is 22.9 Å². The molecule has 8 heteroatoms. The van der Waals surface area contributed by atoms with Gasteiger partial charge in [0.1, 0.15) is 5.75 Å². The second kappa shape index (κ2) is 10.1. The average Bonchev–Trinajstić information content (AvgIpc) is 3.33. The molecule has 0 spiro atoms. The SMILES string of the molecule is COc1ccc(C2c3c(C)nn(-c4ccccc4C)c3N=C3C(Nc4ccc(Br)cc4)=Nc4ccccc4N32)cc1. The molecule has 0 radical (unpaired) electrons. The number of hydrogen-bond acceptors (Lipinski definition) is 6. The van der Waals surface area contributed by atoms with E-state index in [-0.39, 0.29) is 6.04 Å². The number of aryl methyl sites for hydroxylation is 2. The molecule has 0 saturated heterocycles. The van der Waals surface area contributed by atoms with Gasteiger partial charge in [-0.15, -0.1) is 0 Å². The van der Waals surface area contributed by atoms with Gasteiger partial charge in [0, 0.05) is 15.7 Å². The molecule has 0 saturated carbocycles. The highest BCUT2D eigenvalue weighted by Gasteiger charge is 2.41. The zero-order valence-corrected chi connectivity index (χ0v) is 24.4. The molecule has 0 aliphatic carbocycles. The molecule has 1 unspecified atom stereocenters. The molecule has 3 heterocycles. The predicted molar refractivity (Wildman–Crippen MR) is 169 cm³/mol. The molecule has 7 nitrogen and oxygen atoms in total. The molecule has 2 aliphatic heterocycles. The first-order valence-electron chi connectivity index (χ1n) is 13.4. The topological polar surface area (TPSA) is 67.0 Å². The van der Waals surface area contributed by atoms with Gasteiger partial charge in [-0.1, -0.05) is 58.4 Å². The lowest BCUT2D eigenvalue weighted by Crippen LogP contribution is -2.46. The fraction of sp³-hybridized carbons (Fsp3) is 0.121. The van der Waals surface area contributed by atoms with Gasteiger partial charge in [-0.25, -0.2) is 14.7 Å². The Balaban J connectivity index is 1.49. The lowest BCUT2D eigenvalue weighted by molar-refractivity contribution is 0.414. The summed E-state index contributed by atoms with van der Waals surface area (Å²) >= 11 is 3.54. The summed E-state index contributed by atoms with van der Waals surface area (Å²) in [5, 5.41) is 8.61. The van der Waals surface area contributed by atoms with Crippen molar-refractivity contribution in [3.05, 3.63) is 124 Å². The van der Waals surface area contributed by atoms with Crippen LogP contribution in [0.15, 0.2) is 112 Å². The van der Waals surface area contributed by atoms with Crippen LogP contribution in [-0.2, 0) is 0 Å². The third-order valence-electron chi connectivity index (χ3n) is 7.52. The highest BCUT2D eigenvalue weighted by molar-refractivity contribution is 9.10. The Morgan fingerprint density at radius 2 is 1.51 bits per heavy atom. The van der Waals surface area contributed by atoms with E-state index in [1.807, 2.05) is 71.4 Å². The van der Waals surface area contributed by atoms with Crippen LogP contribution in [0.2, 0.25) is 0 Å². The number of anilines is 2.